The molecule has 1 atom stereocenters. The second kappa shape index (κ2) is 12.9. The van der Waals surface area contributed by atoms with E-state index in [2.05, 4.69) is 51.4 Å². The highest BCUT2D eigenvalue weighted by molar-refractivity contribution is 7.92. The summed E-state index contributed by atoms with van der Waals surface area (Å²) in [6.45, 7) is 5.96. The van der Waals surface area contributed by atoms with Crippen molar-refractivity contribution in [2.75, 3.05) is 29.8 Å². The molecule has 0 spiro atoms. The Kier molecular flexibility index (Phi) is 9.03. The fraction of sp³-hybridized carbons (Fsp3) is 0.312. The number of piperidine rings is 1. The first-order valence-electron chi connectivity index (χ1n) is 14.0. The average Bonchev–Trinajstić information content (AvgIpc) is 3.01. The highest BCUT2D eigenvalue weighted by Crippen LogP contribution is 2.29. The first kappa shape index (κ1) is 29.5. The fourth-order valence-corrected chi connectivity index (χ4v) is 6.69. The van der Waals surface area contributed by atoms with Gasteiger partial charge in [-0.2, -0.15) is 4.39 Å². The number of aryl methyl sites for hydroxylation is 1. The molecule has 0 bridgehead atoms. The highest BCUT2D eigenvalue weighted by Gasteiger charge is 2.29. The van der Waals surface area contributed by atoms with Gasteiger partial charge in [-0.3, -0.25) is 4.90 Å². The van der Waals surface area contributed by atoms with Gasteiger partial charge in [0.05, 0.1) is 13.7 Å². The molecule has 4 aromatic rings. The lowest BCUT2D eigenvalue weighted by Gasteiger charge is -2.36. The van der Waals surface area contributed by atoms with Gasteiger partial charge in [-0.05, 0) is 73.7 Å². The van der Waals surface area contributed by atoms with Crippen molar-refractivity contribution >= 4 is 21.7 Å². The van der Waals surface area contributed by atoms with Crippen molar-refractivity contribution in [3.8, 4) is 5.75 Å². The Hall–Kier alpha value is -4.02. The van der Waals surface area contributed by atoms with Crippen LogP contribution >= 0.6 is 0 Å². The molecule has 1 saturated heterocycles. The second-order valence-corrected chi connectivity index (χ2v) is 12.4. The van der Waals surface area contributed by atoms with Gasteiger partial charge in [0.15, 0.2) is 0 Å². The van der Waals surface area contributed by atoms with Gasteiger partial charge in [-0.1, -0.05) is 48.5 Å². The van der Waals surface area contributed by atoms with Crippen LogP contribution in [0.2, 0.25) is 0 Å². The number of halogens is 1. The van der Waals surface area contributed by atoms with E-state index in [0.717, 1.165) is 30.2 Å². The summed E-state index contributed by atoms with van der Waals surface area (Å²) in [4.78, 5) is 10.9. The Bertz CT molecular complexity index is 1590. The molecule has 2 aromatic heterocycles. The molecular formula is C32H36FN5O3S. The predicted molar refractivity (Wildman–Crippen MR) is 163 cm³/mol. The Morgan fingerprint density at radius 1 is 1.05 bits per heavy atom. The van der Waals surface area contributed by atoms with Crippen LogP contribution < -0.4 is 14.4 Å². The van der Waals surface area contributed by atoms with Crippen LogP contribution in [-0.2, 0) is 16.6 Å². The molecule has 42 heavy (non-hydrogen) atoms. The molecule has 10 heteroatoms. The lowest BCUT2D eigenvalue weighted by Crippen LogP contribution is -2.40. The largest absolute Gasteiger partial charge is 0.497 e. The normalized spacial score (nSPS) is 15.2. The number of hydrogen-bond acceptors (Lipinski definition) is 7. The monoisotopic (exact) mass is 589 g/mol. The van der Waals surface area contributed by atoms with Gasteiger partial charge in [0, 0.05) is 31.4 Å². The maximum atomic E-state index is 14.1. The molecule has 1 fully saturated rings. The molecule has 0 aliphatic carbocycles. The summed E-state index contributed by atoms with van der Waals surface area (Å²) in [5.74, 6) is 0.535. The zero-order chi connectivity index (χ0) is 29.7. The van der Waals surface area contributed by atoms with Crippen LogP contribution in [0.25, 0.3) is 0 Å². The van der Waals surface area contributed by atoms with Crippen LogP contribution in [0, 0.1) is 12.9 Å². The van der Waals surface area contributed by atoms with Gasteiger partial charge in [0.1, 0.15) is 22.3 Å². The van der Waals surface area contributed by atoms with Crippen molar-refractivity contribution in [3.05, 3.63) is 108 Å². The summed E-state index contributed by atoms with van der Waals surface area (Å²) in [6, 6.07) is 23.8. The number of benzene rings is 2. The van der Waals surface area contributed by atoms with Gasteiger partial charge in [0.2, 0.25) is 5.95 Å². The predicted octanol–water partition coefficient (Wildman–Crippen LogP) is 5.97. The molecule has 1 aliphatic rings. The molecule has 0 amide bonds. The van der Waals surface area contributed by atoms with E-state index in [1.54, 1.807) is 37.4 Å². The lowest BCUT2D eigenvalue weighted by molar-refractivity contribution is 0.167. The van der Waals surface area contributed by atoms with E-state index in [1.165, 1.54) is 30.0 Å². The number of anilines is 2. The number of sulfonamides is 1. The molecule has 220 valence electrons. The summed E-state index contributed by atoms with van der Waals surface area (Å²) in [5, 5.41) is 3.53. The summed E-state index contributed by atoms with van der Waals surface area (Å²) in [5.41, 5.74) is 2.72. The Labute approximate surface area is 247 Å². The van der Waals surface area contributed by atoms with E-state index >= 15 is 0 Å². The SMILES string of the molecule is COc1ccc(CN(c2cccc(F)n2)S(=O)(=O)c2cnc(NC3CCN([C@H](C)c4ccccc4)CC3)c(C)c2)cc1. The van der Waals surface area contributed by atoms with Crippen LogP contribution in [0.1, 0.15) is 42.5 Å². The van der Waals surface area contributed by atoms with Crippen molar-refractivity contribution in [3.63, 3.8) is 0 Å². The number of aromatic nitrogens is 2. The van der Waals surface area contributed by atoms with E-state index in [-0.39, 0.29) is 23.3 Å². The van der Waals surface area contributed by atoms with Crippen LogP contribution in [0.3, 0.4) is 0 Å². The topological polar surface area (TPSA) is 87.7 Å². The maximum Gasteiger partial charge on any atom is 0.267 e. The van der Waals surface area contributed by atoms with Gasteiger partial charge >= 0.3 is 0 Å². The number of hydrogen-bond donors (Lipinski definition) is 1. The fourth-order valence-electron chi connectivity index (χ4n) is 5.26. The number of methoxy groups -OCH3 is 1. The van der Waals surface area contributed by atoms with Crippen molar-refractivity contribution in [2.45, 2.75) is 50.2 Å². The first-order valence-corrected chi connectivity index (χ1v) is 15.5. The number of nitrogens with one attached hydrogen (secondary N) is 1. The third kappa shape index (κ3) is 6.71. The number of likely N-dealkylation sites (tertiary alicyclic amines) is 1. The smallest absolute Gasteiger partial charge is 0.267 e. The summed E-state index contributed by atoms with van der Waals surface area (Å²) >= 11 is 0. The third-order valence-corrected chi connectivity index (χ3v) is 9.50. The Balaban J connectivity index is 1.31. The zero-order valence-electron chi connectivity index (χ0n) is 24.1. The third-order valence-electron chi connectivity index (χ3n) is 7.78. The molecule has 0 unspecified atom stereocenters. The second-order valence-electron chi connectivity index (χ2n) is 10.6. The van der Waals surface area contributed by atoms with E-state index in [1.807, 2.05) is 13.0 Å². The molecular weight excluding hydrogens is 553 g/mol. The van der Waals surface area contributed by atoms with Crippen LogP contribution in [0.4, 0.5) is 16.0 Å². The van der Waals surface area contributed by atoms with Crippen molar-refractivity contribution in [2.24, 2.45) is 0 Å². The van der Waals surface area contributed by atoms with E-state index < -0.39 is 16.0 Å². The number of rotatable bonds is 10. The van der Waals surface area contributed by atoms with E-state index in [9.17, 15) is 12.8 Å². The number of nitrogens with zero attached hydrogens (tertiary/aromatic N) is 4. The van der Waals surface area contributed by atoms with Crippen molar-refractivity contribution in [1.29, 1.82) is 0 Å². The summed E-state index contributed by atoms with van der Waals surface area (Å²) in [7, 11) is -2.56. The minimum atomic E-state index is -4.12. The van der Waals surface area contributed by atoms with Crippen LogP contribution in [-0.4, -0.2) is 49.5 Å². The minimum absolute atomic E-state index is 0.0108. The van der Waals surface area contributed by atoms with Crippen LogP contribution in [0.15, 0.2) is 90.0 Å². The number of ether oxygens (including phenoxy) is 1. The molecule has 0 saturated carbocycles. The average molecular weight is 590 g/mol. The van der Waals surface area contributed by atoms with Crippen molar-refractivity contribution in [1.82, 2.24) is 14.9 Å². The van der Waals surface area contributed by atoms with Gasteiger partial charge < -0.3 is 10.1 Å². The molecule has 5 rings (SSSR count). The molecule has 8 nitrogen and oxygen atoms in total. The zero-order valence-corrected chi connectivity index (χ0v) is 24.9. The Morgan fingerprint density at radius 3 is 2.40 bits per heavy atom. The van der Waals surface area contributed by atoms with Gasteiger partial charge in [-0.15, -0.1) is 0 Å². The summed E-state index contributed by atoms with van der Waals surface area (Å²) in [6.07, 6.45) is 3.27. The van der Waals surface area contributed by atoms with Gasteiger partial charge in [0.25, 0.3) is 10.0 Å². The molecule has 1 N–H and O–H groups in total. The molecule has 0 radical (unpaired) electrons. The van der Waals surface area contributed by atoms with Gasteiger partial charge in [-0.25, -0.2) is 22.7 Å². The highest BCUT2D eigenvalue weighted by atomic mass is 32.2. The minimum Gasteiger partial charge on any atom is -0.497 e. The quantitative estimate of drug-likeness (QED) is 0.228. The summed E-state index contributed by atoms with van der Waals surface area (Å²) < 4.78 is 48.2. The maximum absolute atomic E-state index is 14.1. The van der Waals surface area contributed by atoms with Crippen LogP contribution in [0.5, 0.6) is 5.75 Å². The molecule has 3 heterocycles. The first-order chi connectivity index (χ1) is 20.2. The van der Waals surface area contributed by atoms with E-state index in [0.29, 0.717) is 28.7 Å². The van der Waals surface area contributed by atoms with E-state index in [4.69, 9.17) is 4.74 Å². The van der Waals surface area contributed by atoms with Crippen molar-refractivity contribution < 1.29 is 17.5 Å². The Morgan fingerprint density at radius 2 is 1.76 bits per heavy atom. The lowest BCUT2D eigenvalue weighted by atomic mass is 10.00. The number of pyridine rings is 2. The standard InChI is InChI=1S/C32H36FN5O3S/c1-23-20-29(21-34-32(23)35-27-16-18-37(19-17-27)24(2)26-8-5-4-6-9-26)42(39,40)38(31-11-7-10-30(33)36-31)22-25-12-14-28(41-3)15-13-25/h4-15,20-21,24,27H,16-19,22H2,1-3H3,(H,34,35)/t24-/m1/s1. The molecule has 2 aromatic carbocycles. The molecule has 1 aliphatic heterocycles.